The third-order valence-electron chi connectivity index (χ3n) is 4.26. The van der Waals surface area contributed by atoms with Crippen molar-refractivity contribution in [3.05, 3.63) is 60.4 Å². The monoisotopic (exact) mass is 335 g/mol. The van der Waals surface area contributed by atoms with Crippen LogP contribution >= 0.6 is 0 Å². The number of nitrogens with one attached hydrogen (secondary N) is 1. The van der Waals surface area contributed by atoms with Gasteiger partial charge in [0.1, 0.15) is 12.8 Å². The van der Waals surface area contributed by atoms with Crippen LogP contribution in [0.1, 0.15) is 23.2 Å². The number of benzene rings is 2. The van der Waals surface area contributed by atoms with Gasteiger partial charge in [-0.25, -0.2) is 0 Å². The first-order valence-electron chi connectivity index (χ1n) is 8.21. The van der Waals surface area contributed by atoms with Gasteiger partial charge in [0.15, 0.2) is 5.82 Å². The van der Waals surface area contributed by atoms with Crippen molar-refractivity contribution in [3.8, 4) is 0 Å². The standard InChI is InChI=1S/C19H17N3O3/c23-18(20-17-9-10-25-21-17)12-22(16-7-8-16)19(24)15-6-5-13-3-1-2-4-14(13)11-15/h1-6,9-11,16H,7-8,12H2,(H,20,21,23). The normalized spacial score (nSPS) is 13.6. The van der Waals surface area contributed by atoms with Crippen molar-refractivity contribution in [1.29, 1.82) is 0 Å². The van der Waals surface area contributed by atoms with E-state index in [9.17, 15) is 9.59 Å². The number of fused-ring (bicyclic) bond motifs is 1. The molecule has 2 amide bonds. The van der Waals surface area contributed by atoms with E-state index in [0.29, 0.717) is 11.4 Å². The highest BCUT2D eigenvalue weighted by atomic mass is 16.5. The lowest BCUT2D eigenvalue weighted by atomic mass is 10.1. The van der Waals surface area contributed by atoms with E-state index in [4.69, 9.17) is 4.52 Å². The molecule has 6 nitrogen and oxygen atoms in total. The average molecular weight is 335 g/mol. The molecule has 4 rings (SSSR count). The highest BCUT2D eigenvalue weighted by Gasteiger charge is 2.34. The van der Waals surface area contributed by atoms with Crippen LogP contribution in [0.15, 0.2) is 59.3 Å². The topological polar surface area (TPSA) is 75.4 Å². The number of nitrogens with zero attached hydrogens (tertiary/aromatic N) is 2. The van der Waals surface area contributed by atoms with Crippen molar-refractivity contribution < 1.29 is 14.1 Å². The summed E-state index contributed by atoms with van der Waals surface area (Å²) >= 11 is 0. The average Bonchev–Trinajstić information content (AvgIpc) is 3.35. The van der Waals surface area contributed by atoms with Gasteiger partial charge in [-0.05, 0) is 35.7 Å². The Morgan fingerprint density at radius 3 is 2.64 bits per heavy atom. The van der Waals surface area contributed by atoms with E-state index in [2.05, 4.69) is 10.5 Å². The van der Waals surface area contributed by atoms with Crippen LogP contribution in [-0.4, -0.2) is 34.5 Å². The van der Waals surface area contributed by atoms with Gasteiger partial charge in [-0.2, -0.15) is 0 Å². The third-order valence-corrected chi connectivity index (χ3v) is 4.26. The molecule has 0 spiro atoms. The number of carbonyl (C=O) groups is 2. The summed E-state index contributed by atoms with van der Waals surface area (Å²) in [4.78, 5) is 26.8. The Morgan fingerprint density at radius 1 is 1.12 bits per heavy atom. The fraction of sp³-hybridized carbons (Fsp3) is 0.211. The van der Waals surface area contributed by atoms with Gasteiger partial charge in [0.05, 0.1) is 0 Å². The minimum atomic E-state index is -0.282. The Kier molecular flexibility index (Phi) is 3.93. The van der Waals surface area contributed by atoms with Crippen LogP contribution in [0.25, 0.3) is 10.8 Å². The molecule has 1 aliphatic rings. The van der Waals surface area contributed by atoms with E-state index >= 15 is 0 Å². The Morgan fingerprint density at radius 2 is 1.92 bits per heavy atom. The van der Waals surface area contributed by atoms with Gasteiger partial charge in [-0.15, -0.1) is 0 Å². The van der Waals surface area contributed by atoms with Crippen LogP contribution < -0.4 is 5.32 Å². The highest BCUT2D eigenvalue weighted by Crippen LogP contribution is 2.29. The van der Waals surface area contributed by atoms with Crippen molar-refractivity contribution in [2.75, 3.05) is 11.9 Å². The molecule has 1 aromatic heterocycles. The largest absolute Gasteiger partial charge is 0.363 e. The smallest absolute Gasteiger partial charge is 0.254 e. The molecule has 25 heavy (non-hydrogen) atoms. The molecule has 1 fully saturated rings. The lowest BCUT2D eigenvalue weighted by Crippen LogP contribution is -2.39. The van der Waals surface area contributed by atoms with Gasteiger partial charge < -0.3 is 14.7 Å². The minimum Gasteiger partial charge on any atom is -0.363 e. The molecule has 126 valence electrons. The second-order valence-electron chi connectivity index (χ2n) is 6.16. The highest BCUT2D eigenvalue weighted by molar-refractivity contribution is 6.01. The van der Waals surface area contributed by atoms with Crippen molar-refractivity contribution >= 4 is 28.4 Å². The molecular weight excluding hydrogens is 318 g/mol. The van der Waals surface area contributed by atoms with Gasteiger partial charge >= 0.3 is 0 Å². The Balaban J connectivity index is 1.53. The van der Waals surface area contributed by atoms with E-state index in [1.807, 2.05) is 42.5 Å². The SMILES string of the molecule is O=C(CN(C(=O)c1ccc2ccccc2c1)C1CC1)Nc1ccon1. The molecule has 1 heterocycles. The van der Waals surface area contributed by atoms with E-state index in [1.165, 1.54) is 6.26 Å². The Hall–Kier alpha value is -3.15. The second kappa shape index (κ2) is 6.39. The van der Waals surface area contributed by atoms with Crippen LogP contribution in [0.2, 0.25) is 0 Å². The molecule has 1 saturated carbocycles. The molecular formula is C19H17N3O3. The maximum atomic E-state index is 12.9. The summed E-state index contributed by atoms with van der Waals surface area (Å²) in [6.45, 7) is 0.00316. The van der Waals surface area contributed by atoms with Gasteiger partial charge in [-0.1, -0.05) is 35.5 Å². The zero-order valence-corrected chi connectivity index (χ0v) is 13.5. The summed E-state index contributed by atoms with van der Waals surface area (Å²) in [5.74, 6) is -0.0580. The molecule has 1 aliphatic carbocycles. The number of aromatic nitrogens is 1. The van der Waals surface area contributed by atoms with Gasteiger partial charge in [0.25, 0.3) is 5.91 Å². The van der Waals surface area contributed by atoms with E-state index in [0.717, 1.165) is 23.6 Å². The Labute approximate surface area is 144 Å². The predicted octanol–water partition coefficient (Wildman–Crippen LogP) is 3.07. The van der Waals surface area contributed by atoms with Crippen LogP contribution in [0.5, 0.6) is 0 Å². The zero-order valence-electron chi connectivity index (χ0n) is 13.5. The van der Waals surface area contributed by atoms with Crippen LogP contribution in [-0.2, 0) is 4.79 Å². The molecule has 1 N–H and O–H groups in total. The molecule has 0 atom stereocenters. The van der Waals surface area contributed by atoms with Crippen molar-refractivity contribution in [1.82, 2.24) is 10.1 Å². The molecule has 0 unspecified atom stereocenters. The van der Waals surface area contributed by atoms with Gasteiger partial charge in [0.2, 0.25) is 5.91 Å². The zero-order chi connectivity index (χ0) is 17.2. The van der Waals surface area contributed by atoms with Crippen molar-refractivity contribution in [3.63, 3.8) is 0 Å². The summed E-state index contributed by atoms with van der Waals surface area (Å²) in [5.41, 5.74) is 0.597. The lowest BCUT2D eigenvalue weighted by Gasteiger charge is -2.22. The summed E-state index contributed by atoms with van der Waals surface area (Å²) in [6.07, 6.45) is 3.24. The molecule has 0 saturated heterocycles. The molecule has 3 aromatic rings. The Bertz CT molecular complexity index is 917. The number of hydrogen-bond donors (Lipinski definition) is 1. The molecule has 0 aliphatic heterocycles. The fourth-order valence-electron chi connectivity index (χ4n) is 2.86. The number of amides is 2. The third kappa shape index (κ3) is 3.38. The van der Waals surface area contributed by atoms with Gasteiger partial charge in [-0.3, -0.25) is 9.59 Å². The number of rotatable bonds is 5. The maximum absolute atomic E-state index is 12.9. The summed E-state index contributed by atoms with van der Waals surface area (Å²) < 4.78 is 4.69. The van der Waals surface area contributed by atoms with Crippen LogP contribution in [0.3, 0.4) is 0 Å². The van der Waals surface area contributed by atoms with Gasteiger partial charge in [0, 0.05) is 17.7 Å². The first-order valence-corrected chi connectivity index (χ1v) is 8.21. The van der Waals surface area contributed by atoms with Crippen molar-refractivity contribution in [2.24, 2.45) is 0 Å². The first-order chi connectivity index (χ1) is 12.2. The van der Waals surface area contributed by atoms with E-state index < -0.39 is 0 Å². The maximum Gasteiger partial charge on any atom is 0.254 e. The molecule has 2 aromatic carbocycles. The predicted molar refractivity (Wildman–Crippen MR) is 93.1 cm³/mol. The second-order valence-corrected chi connectivity index (χ2v) is 6.16. The summed E-state index contributed by atoms with van der Waals surface area (Å²) in [7, 11) is 0. The quantitative estimate of drug-likeness (QED) is 0.777. The number of anilines is 1. The number of carbonyl (C=O) groups excluding carboxylic acids is 2. The van der Waals surface area contributed by atoms with Crippen LogP contribution in [0.4, 0.5) is 5.82 Å². The van der Waals surface area contributed by atoms with Crippen LogP contribution in [0, 0.1) is 0 Å². The minimum absolute atomic E-state index is 0.00316. The number of hydrogen-bond acceptors (Lipinski definition) is 4. The van der Waals surface area contributed by atoms with E-state index in [1.54, 1.807) is 11.0 Å². The first kappa shape index (κ1) is 15.4. The summed E-state index contributed by atoms with van der Waals surface area (Å²) in [6, 6.07) is 15.2. The van der Waals surface area contributed by atoms with E-state index in [-0.39, 0.29) is 24.4 Å². The van der Waals surface area contributed by atoms with Crippen molar-refractivity contribution in [2.45, 2.75) is 18.9 Å². The summed E-state index contributed by atoms with van der Waals surface area (Å²) in [5, 5.41) is 8.38. The molecule has 0 radical (unpaired) electrons. The molecule has 6 heteroatoms. The molecule has 0 bridgehead atoms. The lowest BCUT2D eigenvalue weighted by molar-refractivity contribution is -0.117. The fourth-order valence-corrected chi connectivity index (χ4v) is 2.86.